The summed E-state index contributed by atoms with van der Waals surface area (Å²) in [6.07, 6.45) is 2.25. The third kappa shape index (κ3) is 3.23. The third-order valence-corrected chi connectivity index (χ3v) is 4.97. The van der Waals surface area contributed by atoms with Crippen molar-refractivity contribution in [2.24, 2.45) is 0 Å². The van der Waals surface area contributed by atoms with E-state index in [0.29, 0.717) is 5.25 Å². The predicted molar refractivity (Wildman–Crippen MR) is 69.8 cm³/mol. The Morgan fingerprint density at radius 3 is 2.75 bits per heavy atom. The number of rotatable bonds is 3. The van der Waals surface area contributed by atoms with Crippen LogP contribution < -0.4 is 0 Å². The van der Waals surface area contributed by atoms with Gasteiger partial charge in [-0.2, -0.15) is 0 Å². The van der Waals surface area contributed by atoms with Gasteiger partial charge in [0.25, 0.3) is 0 Å². The molecule has 1 fully saturated rings. The molecule has 0 aliphatic carbocycles. The highest BCUT2D eigenvalue weighted by Gasteiger charge is 2.16. The number of thioether (sulfide) groups is 1. The molecule has 0 atom stereocenters. The Morgan fingerprint density at radius 2 is 2.12 bits per heavy atom. The number of benzene rings is 1. The second-order valence-electron chi connectivity index (χ2n) is 3.85. The number of aliphatic hydroxyl groups excluding tert-OH is 1. The summed E-state index contributed by atoms with van der Waals surface area (Å²) in [5.41, 5.74) is 0.947. The lowest BCUT2D eigenvalue weighted by Gasteiger charge is -2.22. The molecule has 1 aliphatic rings. The van der Waals surface area contributed by atoms with Gasteiger partial charge in [0, 0.05) is 27.8 Å². The van der Waals surface area contributed by atoms with Gasteiger partial charge < -0.3 is 9.84 Å². The number of ether oxygens (including phenoxy) is 1. The van der Waals surface area contributed by atoms with E-state index in [1.54, 1.807) is 0 Å². The maximum atomic E-state index is 9.03. The fourth-order valence-corrected chi connectivity index (χ4v) is 3.52. The zero-order chi connectivity index (χ0) is 11.4. The Labute approximate surface area is 109 Å². The van der Waals surface area contributed by atoms with Crippen molar-refractivity contribution in [1.82, 2.24) is 0 Å². The molecule has 1 heterocycles. The molecular formula is C12H15BrO2S. The largest absolute Gasteiger partial charge is 0.392 e. The lowest BCUT2D eigenvalue weighted by Crippen LogP contribution is -2.17. The van der Waals surface area contributed by atoms with Crippen LogP contribution in [0.3, 0.4) is 0 Å². The number of halogens is 1. The maximum Gasteiger partial charge on any atom is 0.0682 e. The first-order valence-electron chi connectivity index (χ1n) is 5.43. The summed E-state index contributed by atoms with van der Waals surface area (Å²) in [4.78, 5) is 1.25. The second-order valence-corrected chi connectivity index (χ2v) is 6.05. The van der Waals surface area contributed by atoms with Crippen molar-refractivity contribution in [3.8, 4) is 0 Å². The van der Waals surface area contributed by atoms with E-state index >= 15 is 0 Å². The molecule has 16 heavy (non-hydrogen) atoms. The minimum atomic E-state index is 0.0980. The monoisotopic (exact) mass is 302 g/mol. The lowest BCUT2D eigenvalue weighted by molar-refractivity contribution is 0.100. The van der Waals surface area contributed by atoms with Gasteiger partial charge in [-0.3, -0.25) is 0 Å². The summed E-state index contributed by atoms with van der Waals surface area (Å²) in [7, 11) is 0. The summed E-state index contributed by atoms with van der Waals surface area (Å²) in [6, 6.07) is 6.05. The highest BCUT2D eigenvalue weighted by Crippen LogP contribution is 2.35. The minimum absolute atomic E-state index is 0.0980. The molecule has 1 aliphatic heterocycles. The topological polar surface area (TPSA) is 29.5 Å². The predicted octanol–water partition coefficient (Wildman–Crippen LogP) is 3.21. The standard InChI is InChI=1S/C12H15BrO2S/c13-11-7-9(8-14)1-2-12(11)16-10-3-5-15-6-4-10/h1-2,7,10,14H,3-6,8H2. The molecule has 0 unspecified atom stereocenters. The average Bonchev–Trinajstić information content (AvgIpc) is 2.33. The van der Waals surface area contributed by atoms with Crippen LogP contribution in [0.4, 0.5) is 0 Å². The second kappa shape index (κ2) is 6.05. The van der Waals surface area contributed by atoms with Crippen LogP contribution in [-0.4, -0.2) is 23.6 Å². The van der Waals surface area contributed by atoms with Crippen molar-refractivity contribution in [3.63, 3.8) is 0 Å². The van der Waals surface area contributed by atoms with Gasteiger partial charge in [-0.1, -0.05) is 6.07 Å². The Balaban J connectivity index is 2.03. The maximum absolute atomic E-state index is 9.03. The van der Waals surface area contributed by atoms with E-state index < -0.39 is 0 Å². The normalized spacial score (nSPS) is 17.6. The fraction of sp³-hybridized carbons (Fsp3) is 0.500. The van der Waals surface area contributed by atoms with Gasteiger partial charge in [0.2, 0.25) is 0 Å². The number of hydrogen-bond donors (Lipinski definition) is 1. The van der Waals surface area contributed by atoms with Gasteiger partial charge in [-0.25, -0.2) is 0 Å². The van der Waals surface area contributed by atoms with Crippen LogP contribution in [-0.2, 0) is 11.3 Å². The zero-order valence-corrected chi connectivity index (χ0v) is 11.4. The molecule has 4 heteroatoms. The molecule has 88 valence electrons. The van der Waals surface area contributed by atoms with Crippen molar-refractivity contribution in [2.75, 3.05) is 13.2 Å². The molecule has 1 aromatic carbocycles. The molecule has 0 spiro atoms. The van der Waals surface area contributed by atoms with Gasteiger partial charge in [-0.05, 0) is 46.5 Å². The van der Waals surface area contributed by atoms with E-state index in [1.165, 1.54) is 4.90 Å². The first-order valence-corrected chi connectivity index (χ1v) is 7.10. The van der Waals surface area contributed by atoms with Gasteiger partial charge >= 0.3 is 0 Å². The molecular weight excluding hydrogens is 288 g/mol. The van der Waals surface area contributed by atoms with Gasteiger partial charge in [0.1, 0.15) is 0 Å². The number of hydrogen-bond acceptors (Lipinski definition) is 3. The molecule has 1 saturated heterocycles. The Kier molecular flexibility index (Phi) is 4.70. The van der Waals surface area contributed by atoms with Crippen LogP contribution in [0, 0.1) is 0 Å². The fourth-order valence-electron chi connectivity index (χ4n) is 1.71. The highest BCUT2D eigenvalue weighted by molar-refractivity contribution is 9.10. The summed E-state index contributed by atoms with van der Waals surface area (Å²) in [5.74, 6) is 0. The third-order valence-electron chi connectivity index (χ3n) is 2.64. The average molecular weight is 303 g/mol. The first-order chi connectivity index (χ1) is 7.79. The van der Waals surface area contributed by atoms with E-state index in [2.05, 4.69) is 22.0 Å². The molecule has 0 amide bonds. The zero-order valence-electron chi connectivity index (χ0n) is 8.99. The number of aliphatic hydroxyl groups is 1. The molecule has 0 saturated carbocycles. The van der Waals surface area contributed by atoms with Crippen molar-refractivity contribution >= 4 is 27.7 Å². The summed E-state index contributed by atoms with van der Waals surface area (Å²) in [5, 5.41) is 9.69. The summed E-state index contributed by atoms with van der Waals surface area (Å²) < 4.78 is 6.43. The van der Waals surface area contributed by atoms with Gasteiger partial charge in [0.05, 0.1) is 6.61 Å². The van der Waals surface area contributed by atoms with Crippen LogP contribution in [0.1, 0.15) is 18.4 Å². The minimum Gasteiger partial charge on any atom is -0.392 e. The van der Waals surface area contributed by atoms with Gasteiger partial charge in [0.15, 0.2) is 0 Å². The van der Waals surface area contributed by atoms with Crippen molar-refractivity contribution in [2.45, 2.75) is 29.6 Å². The smallest absolute Gasteiger partial charge is 0.0682 e. The highest BCUT2D eigenvalue weighted by atomic mass is 79.9. The molecule has 2 nitrogen and oxygen atoms in total. The van der Waals surface area contributed by atoms with E-state index in [4.69, 9.17) is 9.84 Å². The van der Waals surface area contributed by atoms with E-state index in [-0.39, 0.29) is 6.61 Å². The van der Waals surface area contributed by atoms with Crippen LogP contribution in [0.15, 0.2) is 27.6 Å². The molecule has 1 N–H and O–H groups in total. The van der Waals surface area contributed by atoms with Crippen LogP contribution in [0.5, 0.6) is 0 Å². The van der Waals surface area contributed by atoms with E-state index in [0.717, 1.165) is 36.1 Å². The SMILES string of the molecule is OCc1ccc(SC2CCOCC2)c(Br)c1. The van der Waals surface area contributed by atoms with E-state index in [9.17, 15) is 0 Å². The van der Waals surface area contributed by atoms with Crippen molar-refractivity contribution < 1.29 is 9.84 Å². The quantitative estimate of drug-likeness (QED) is 0.930. The Morgan fingerprint density at radius 1 is 1.38 bits per heavy atom. The van der Waals surface area contributed by atoms with E-state index in [1.807, 2.05) is 23.9 Å². The first kappa shape index (κ1) is 12.4. The molecule has 0 aromatic heterocycles. The van der Waals surface area contributed by atoms with Crippen LogP contribution in [0.25, 0.3) is 0 Å². The lowest BCUT2D eigenvalue weighted by atomic mass is 10.2. The molecule has 1 aromatic rings. The van der Waals surface area contributed by atoms with Crippen LogP contribution >= 0.6 is 27.7 Å². The molecule has 2 rings (SSSR count). The van der Waals surface area contributed by atoms with Crippen molar-refractivity contribution in [3.05, 3.63) is 28.2 Å². The Hall–Kier alpha value is -0.0300. The van der Waals surface area contributed by atoms with Crippen molar-refractivity contribution in [1.29, 1.82) is 0 Å². The molecule has 0 bridgehead atoms. The van der Waals surface area contributed by atoms with Gasteiger partial charge in [-0.15, -0.1) is 11.8 Å². The summed E-state index contributed by atoms with van der Waals surface area (Å²) >= 11 is 5.45. The summed E-state index contributed by atoms with van der Waals surface area (Å²) in [6.45, 7) is 1.86. The Bertz CT molecular complexity index is 351. The van der Waals surface area contributed by atoms with Crippen LogP contribution in [0.2, 0.25) is 0 Å². The molecule has 0 radical (unpaired) electrons.